The molecule has 5 heteroatoms. The van der Waals surface area contributed by atoms with Gasteiger partial charge in [-0.25, -0.2) is 4.39 Å². The van der Waals surface area contributed by atoms with Gasteiger partial charge in [0, 0.05) is 24.8 Å². The third kappa shape index (κ3) is 5.32. The van der Waals surface area contributed by atoms with Crippen molar-refractivity contribution in [3.05, 3.63) is 35.6 Å². The summed E-state index contributed by atoms with van der Waals surface area (Å²) in [5.41, 5.74) is 0.505. The molecule has 0 aliphatic carbocycles. The highest BCUT2D eigenvalue weighted by atomic mass is 19.1. The summed E-state index contributed by atoms with van der Waals surface area (Å²) in [5.74, 6) is -0.281. The second kappa shape index (κ2) is 9.20. The Balaban J connectivity index is 1.72. The molecular weight excluding hydrogens is 285 g/mol. The van der Waals surface area contributed by atoms with Gasteiger partial charge in [-0.05, 0) is 31.9 Å². The maximum Gasteiger partial charge on any atom is 0.128 e. The Morgan fingerprint density at radius 2 is 2.14 bits per heavy atom. The number of β-amino-alcohol motifs (C(OH)–C–C–N with tert-alkyl or cyclic N) is 1. The first-order valence-electron chi connectivity index (χ1n) is 8.05. The largest absolute Gasteiger partial charge is 0.396 e. The van der Waals surface area contributed by atoms with Gasteiger partial charge in [0.15, 0.2) is 0 Å². The van der Waals surface area contributed by atoms with Crippen molar-refractivity contribution in [3.63, 3.8) is 0 Å². The Morgan fingerprint density at radius 3 is 2.91 bits per heavy atom. The Kier molecular flexibility index (Phi) is 7.25. The molecule has 1 fully saturated rings. The molecule has 0 spiro atoms. The fraction of sp³-hybridized carbons (Fsp3) is 0.647. The summed E-state index contributed by atoms with van der Waals surface area (Å²) in [7, 11) is 0. The van der Waals surface area contributed by atoms with Gasteiger partial charge < -0.3 is 14.9 Å². The number of ether oxygens (including phenoxy) is 1. The van der Waals surface area contributed by atoms with Gasteiger partial charge in [0.25, 0.3) is 0 Å². The smallest absolute Gasteiger partial charge is 0.128 e. The first-order valence-corrected chi connectivity index (χ1v) is 8.05. The third-order valence-electron chi connectivity index (χ3n) is 4.18. The van der Waals surface area contributed by atoms with Crippen LogP contribution in [0, 0.1) is 5.82 Å². The van der Waals surface area contributed by atoms with Crippen LogP contribution in [-0.4, -0.2) is 53.6 Å². The van der Waals surface area contributed by atoms with Crippen LogP contribution in [0.25, 0.3) is 0 Å². The second-order valence-electron chi connectivity index (χ2n) is 5.92. The minimum atomic E-state index is -0.592. The molecule has 0 amide bonds. The summed E-state index contributed by atoms with van der Waals surface area (Å²) >= 11 is 0. The van der Waals surface area contributed by atoms with Crippen molar-refractivity contribution in [1.29, 1.82) is 0 Å². The summed E-state index contributed by atoms with van der Waals surface area (Å²) < 4.78 is 18.9. The average molecular weight is 311 g/mol. The van der Waals surface area contributed by atoms with E-state index in [-0.39, 0.29) is 25.6 Å². The van der Waals surface area contributed by atoms with E-state index < -0.39 is 6.10 Å². The molecular formula is C17H26FNO3. The highest BCUT2D eigenvalue weighted by molar-refractivity contribution is 5.16. The molecule has 0 radical (unpaired) electrons. The molecule has 2 N–H and O–H groups in total. The number of aliphatic hydroxyl groups excluding tert-OH is 2. The molecule has 124 valence electrons. The second-order valence-corrected chi connectivity index (χ2v) is 5.92. The average Bonchev–Trinajstić information content (AvgIpc) is 2.51. The standard InChI is InChI=1S/C17H26FNO3/c18-17-7-2-1-5-14(17)12-22-13-16(21)11-19-9-4-3-6-15(19)8-10-20/h1-2,5,7,15-16,20-21H,3-4,6,8-13H2/t15-,16-/m1/s1. The number of nitrogens with zero attached hydrogens (tertiary/aromatic N) is 1. The van der Waals surface area contributed by atoms with E-state index in [1.807, 2.05) is 0 Å². The lowest BCUT2D eigenvalue weighted by atomic mass is 9.99. The van der Waals surface area contributed by atoms with Gasteiger partial charge >= 0.3 is 0 Å². The van der Waals surface area contributed by atoms with Crippen molar-refractivity contribution in [2.45, 2.75) is 44.4 Å². The van der Waals surface area contributed by atoms with Gasteiger partial charge in [-0.3, -0.25) is 4.90 Å². The third-order valence-corrected chi connectivity index (χ3v) is 4.18. The normalized spacial score (nSPS) is 21.0. The fourth-order valence-corrected chi connectivity index (χ4v) is 3.02. The SMILES string of the molecule is OCC[C@H]1CCCCN1C[C@@H](O)COCc1ccccc1F. The monoisotopic (exact) mass is 311 g/mol. The molecule has 0 saturated carbocycles. The number of aliphatic hydroxyl groups is 2. The van der Waals surface area contributed by atoms with Crippen LogP contribution in [0.3, 0.4) is 0 Å². The molecule has 1 aromatic carbocycles. The zero-order chi connectivity index (χ0) is 15.8. The zero-order valence-electron chi connectivity index (χ0n) is 13.0. The minimum Gasteiger partial charge on any atom is -0.396 e. The number of benzene rings is 1. The summed E-state index contributed by atoms with van der Waals surface area (Å²) in [6.45, 7) is 2.04. The lowest BCUT2D eigenvalue weighted by Gasteiger charge is -2.36. The lowest BCUT2D eigenvalue weighted by molar-refractivity contribution is -0.00660. The molecule has 2 atom stereocenters. The van der Waals surface area contributed by atoms with E-state index in [1.54, 1.807) is 18.2 Å². The predicted octanol–water partition coefficient (Wildman–Crippen LogP) is 1.94. The molecule has 1 saturated heterocycles. The number of rotatable bonds is 8. The predicted molar refractivity (Wildman–Crippen MR) is 83.0 cm³/mol. The van der Waals surface area contributed by atoms with Gasteiger partial charge in [-0.1, -0.05) is 24.6 Å². The molecule has 2 rings (SSSR count). The van der Waals surface area contributed by atoms with Gasteiger partial charge in [-0.15, -0.1) is 0 Å². The van der Waals surface area contributed by atoms with E-state index in [2.05, 4.69) is 4.90 Å². The minimum absolute atomic E-state index is 0.170. The molecule has 0 bridgehead atoms. The molecule has 1 aromatic rings. The van der Waals surface area contributed by atoms with Crippen molar-refractivity contribution < 1.29 is 19.3 Å². The van der Waals surface area contributed by atoms with E-state index in [0.29, 0.717) is 18.2 Å². The van der Waals surface area contributed by atoms with Crippen LogP contribution in [0.15, 0.2) is 24.3 Å². The summed E-state index contributed by atoms with van der Waals surface area (Å²) in [6, 6.07) is 6.85. The topological polar surface area (TPSA) is 52.9 Å². The van der Waals surface area contributed by atoms with Crippen molar-refractivity contribution in [1.82, 2.24) is 4.90 Å². The van der Waals surface area contributed by atoms with Crippen LogP contribution >= 0.6 is 0 Å². The van der Waals surface area contributed by atoms with Gasteiger partial charge in [0.2, 0.25) is 0 Å². The highest BCUT2D eigenvalue weighted by Crippen LogP contribution is 2.19. The Labute approximate surface area is 131 Å². The summed E-state index contributed by atoms with van der Waals surface area (Å²) in [6.07, 6.45) is 3.55. The van der Waals surface area contributed by atoms with Crippen LogP contribution in [0.4, 0.5) is 4.39 Å². The maximum atomic E-state index is 13.4. The summed E-state index contributed by atoms with van der Waals surface area (Å²) in [4.78, 5) is 2.23. The van der Waals surface area contributed by atoms with Crippen LogP contribution in [0.5, 0.6) is 0 Å². The fourth-order valence-electron chi connectivity index (χ4n) is 3.02. The van der Waals surface area contributed by atoms with E-state index in [0.717, 1.165) is 25.8 Å². The van der Waals surface area contributed by atoms with Gasteiger partial charge in [0.05, 0.1) is 19.3 Å². The van der Waals surface area contributed by atoms with Crippen molar-refractivity contribution >= 4 is 0 Å². The lowest BCUT2D eigenvalue weighted by Crippen LogP contribution is -2.45. The van der Waals surface area contributed by atoms with Crippen molar-refractivity contribution in [2.24, 2.45) is 0 Å². The first-order chi connectivity index (χ1) is 10.7. The van der Waals surface area contributed by atoms with Gasteiger partial charge in [-0.2, -0.15) is 0 Å². The van der Waals surface area contributed by atoms with Crippen molar-refractivity contribution in [2.75, 3.05) is 26.3 Å². The maximum absolute atomic E-state index is 13.4. The van der Waals surface area contributed by atoms with E-state index in [4.69, 9.17) is 9.84 Å². The highest BCUT2D eigenvalue weighted by Gasteiger charge is 2.23. The number of hydrogen-bond donors (Lipinski definition) is 2. The molecule has 1 aliphatic rings. The van der Waals surface area contributed by atoms with Crippen molar-refractivity contribution in [3.8, 4) is 0 Å². The van der Waals surface area contributed by atoms with Crippen LogP contribution in [0.1, 0.15) is 31.2 Å². The van der Waals surface area contributed by atoms with E-state index >= 15 is 0 Å². The van der Waals surface area contributed by atoms with E-state index in [9.17, 15) is 9.50 Å². The Morgan fingerprint density at radius 1 is 1.32 bits per heavy atom. The number of piperidine rings is 1. The number of halogens is 1. The summed E-state index contributed by atoms with van der Waals surface area (Å²) in [5, 5.41) is 19.2. The van der Waals surface area contributed by atoms with Crippen LogP contribution < -0.4 is 0 Å². The first kappa shape index (κ1) is 17.3. The number of hydrogen-bond acceptors (Lipinski definition) is 4. The molecule has 4 nitrogen and oxygen atoms in total. The molecule has 0 aromatic heterocycles. The van der Waals surface area contributed by atoms with Crippen LogP contribution in [-0.2, 0) is 11.3 Å². The molecule has 22 heavy (non-hydrogen) atoms. The molecule has 1 aliphatic heterocycles. The van der Waals surface area contributed by atoms with E-state index in [1.165, 1.54) is 12.5 Å². The number of likely N-dealkylation sites (tertiary alicyclic amines) is 1. The van der Waals surface area contributed by atoms with Gasteiger partial charge in [0.1, 0.15) is 5.82 Å². The zero-order valence-corrected chi connectivity index (χ0v) is 13.0. The quantitative estimate of drug-likeness (QED) is 0.770. The Hall–Kier alpha value is -1.01. The Bertz CT molecular complexity index is 442. The molecule has 0 unspecified atom stereocenters. The van der Waals surface area contributed by atoms with Crippen LogP contribution in [0.2, 0.25) is 0 Å². The molecule has 1 heterocycles.